The number of hydrogen-bond donors (Lipinski definition) is 2. The molecule has 0 saturated heterocycles. The maximum atomic E-state index is 11.1. The molecule has 0 bridgehead atoms. The molecular formula is C12H18N2O3. The van der Waals surface area contributed by atoms with Crippen LogP contribution in [-0.4, -0.2) is 26.2 Å². The molecule has 0 spiro atoms. The van der Waals surface area contributed by atoms with Crippen LogP contribution < -0.4 is 16.2 Å². The summed E-state index contributed by atoms with van der Waals surface area (Å²) in [6, 6.07) is 4.80. The smallest absolute Gasteiger partial charge is 0.252 e. The van der Waals surface area contributed by atoms with Crippen molar-refractivity contribution in [2.45, 2.75) is 12.8 Å². The van der Waals surface area contributed by atoms with Crippen molar-refractivity contribution < 1.29 is 14.3 Å². The Hall–Kier alpha value is -1.75. The van der Waals surface area contributed by atoms with E-state index >= 15 is 0 Å². The van der Waals surface area contributed by atoms with E-state index in [1.54, 1.807) is 25.3 Å². The van der Waals surface area contributed by atoms with Crippen LogP contribution in [0.5, 0.6) is 5.75 Å². The van der Waals surface area contributed by atoms with Gasteiger partial charge in [-0.1, -0.05) is 0 Å². The second-order valence-corrected chi connectivity index (χ2v) is 3.67. The van der Waals surface area contributed by atoms with E-state index < -0.39 is 5.91 Å². The normalized spacial score (nSPS) is 10.2. The first-order valence-electron chi connectivity index (χ1n) is 5.46. The quantitative estimate of drug-likeness (QED) is 0.551. The number of carbonyl (C=O) groups excluding carboxylic acids is 1. The minimum atomic E-state index is -0.517. The van der Waals surface area contributed by atoms with Crippen molar-refractivity contribution >= 4 is 11.6 Å². The zero-order valence-electron chi connectivity index (χ0n) is 9.94. The third-order valence-corrected chi connectivity index (χ3v) is 2.27. The zero-order valence-corrected chi connectivity index (χ0v) is 9.94. The van der Waals surface area contributed by atoms with E-state index in [1.165, 1.54) is 0 Å². The number of benzene rings is 1. The molecule has 0 aromatic heterocycles. The van der Waals surface area contributed by atoms with Crippen LogP contribution >= 0.6 is 0 Å². The summed E-state index contributed by atoms with van der Waals surface area (Å²) >= 11 is 0. The highest BCUT2D eigenvalue weighted by Gasteiger charge is 2.09. The van der Waals surface area contributed by atoms with Crippen LogP contribution in [0.4, 0.5) is 5.69 Å². The van der Waals surface area contributed by atoms with E-state index in [-0.39, 0.29) is 0 Å². The van der Waals surface area contributed by atoms with Gasteiger partial charge in [0.15, 0.2) is 0 Å². The predicted molar refractivity (Wildman–Crippen MR) is 66.0 cm³/mol. The summed E-state index contributed by atoms with van der Waals surface area (Å²) in [6.07, 6.45) is 1.76. The highest BCUT2D eigenvalue weighted by molar-refractivity contribution is 5.96. The second kappa shape index (κ2) is 6.75. The SMILES string of the molecule is COCCCCOc1cc(N)ccc1C(N)=O. The Bertz CT molecular complexity index is 380. The van der Waals surface area contributed by atoms with E-state index in [4.69, 9.17) is 20.9 Å². The van der Waals surface area contributed by atoms with Gasteiger partial charge in [0.2, 0.25) is 0 Å². The van der Waals surface area contributed by atoms with E-state index in [9.17, 15) is 4.79 Å². The number of carbonyl (C=O) groups is 1. The Balaban J connectivity index is 2.56. The fourth-order valence-electron chi connectivity index (χ4n) is 1.39. The highest BCUT2D eigenvalue weighted by atomic mass is 16.5. The molecule has 5 heteroatoms. The molecule has 1 amide bonds. The van der Waals surface area contributed by atoms with Crippen molar-refractivity contribution in [2.24, 2.45) is 5.73 Å². The average Bonchev–Trinajstić information content (AvgIpc) is 2.28. The standard InChI is InChI=1S/C12H18N2O3/c1-16-6-2-3-7-17-11-8-9(13)4-5-10(11)12(14)15/h4-5,8H,2-3,6-7,13H2,1H3,(H2,14,15). The molecule has 0 aliphatic heterocycles. The lowest BCUT2D eigenvalue weighted by atomic mass is 10.1. The van der Waals surface area contributed by atoms with Crippen LogP contribution in [0.2, 0.25) is 0 Å². The number of nitrogen functional groups attached to an aromatic ring is 1. The van der Waals surface area contributed by atoms with Gasteiger partial charge in [-0.15, -0.1) is 0 Å². The van der Waals surface area contributed by atoms with Gasteiger partial charge >= 0.3 is 0 Å². The number of anilines is 1. The summed E-state index contributed by atoms with van der Waals surface area (Å²) in [5.41, 5.74) is 11.8. The number of ether oxygens (including phenoxy) is 2. The van der Waals surface area contributed by atoms with E-state index in [0.29, 0.717) is 30.2 Å². The Morgan fingerprint density at radius 2 is 2.00 bits per heavy atom. The van der Waals surface area contributed by atoms with Gasteiger partial charge in [-0.2, -0.15) is 0 Å². The first-order valence-corrected chi connectivity index (χ1v) is 5.46. The maximum absolute atomic E-state index is 11.1. The van der Waals surface area contributed by atoms with Crippen molar-refractivity contribution in [1.82, 2.24) is 0 Å². The molecule has 0 aliphatic carbocycles. The summed E-state index contributed by atoms with van der Waals surface area (Å²) in [7, 11) is 1.66. The number of primary amides is 1. The lowest BCUT2D eigenvalue weighted by Gasteiger charge is -2.10. The summed E-state index contributed by atoms with van der Waals surface area (Å²) in [5.74, 6) is -0.0770. The molecule has 1 rings (SSSR count). The van der Waals surface area contributed by atoms with E-state index in [2.05, 4.69) is 0 Å². The molecule has 0 heterocycles. The van der Waals surface area contributed by atoms with E-state index in [0.717, 1.165) is 12.8 Å². The van der Waals surface area contributed by atoms with Crippen LogP contribution in [0.1, 0.15) is 23.2 Å². The van der Waals surface area contributed by atoms with Crippen LogP contribution in [0, 0.1) is 0 Å². The van der Waals surface area contributed by atoms with Crippen LogP contribution in [0.25, 0.3) is 0 Å². The number of methoxy groups -OCH3 is 1. The molecular weight excluding hydrogens is 220 g/mol. The van der Waals surface area contributed by atoms with Gasteiger partial charge in [-0.3, -0.25) is 4.79 Å². The predicted octanol–water partition coefficient (Wildman–Crippen LogP) is 1.17. The maximum Gasteiger partial charge on any atom is 0.252 e. The molecule has 4 N–H and O–H groups in total. The van der Waals surface area contributed by atoms with Gasteiger partial charge in [-0.05, 0) is 25.0 Å². The third kappa shape index (κ3) is 4.32. The summed E-state index contributed by atoms with van der Waals surface area (Å²) in [4.78, 5) is 11.1. The Morgan fingerprint density at radius 1 is 1.29 bits per heavy atom. The number of hydrogen-bond acceptors (Lipinski definition) is 4. The molecule has 94 valence electrons. The van der Waals surface area contributed by atoms with E-state index in [1.807, 2.05) is 0 Å². The molecule has 17 heavy (non-hydrogen) atoms. The number of amides is 1. The Labute approximate surface area is 101 Å². The number of nitrogens with two attached hydrogens (primary N) is 2. The zero-order chi connectivity index (χ0) is 12.7. The summed E-state index contributed by atoms with van der Waals surface area (Å²) in [5, 5.41) is 0. The monoisotopic (exact) mass is 238 g/mol. The largest absolute Gasteiger partial charge is 0.493 e. The molecule has 0 aliphatic rings. The topological polar surface area (TPSA) is 87.6 Å². The van der Waals surface area contributed by atoms with Crippen LogP contribution in [-0.2, 0) is 4.74 Å². The lowest BCUT2D eigenvalue weighted by molar-refractivity contribution is 0.0996. The minimum Gasteiger partial charge on any atom is -0.493 e. The molecule has 0 radical (unpaired) electrons. The van der Waals surface area contributed by atoms with Gasteiger partial charge in [0.05, 0.1) is 12.2 Å². The molecule has 1 aromatic carbocycles. The summed E-state index contributed by atoms with van der Waals surface area (Å²) in [6.45, 7) is 1.20. The van der Waals surface area contributed by atoms with Crippen molar-refractivity contribution in [3.05, 3.63) is 23.8 Å². The van der Waals surface area contributed by atoms with Crippen LogP contribution in [0.15, 0.2) is 18.2 Å². The second-order valence-electron chi connectivity index (χ2n) is 3.67. The van der Waals surface area contributed by atoms with Crippen molar-refractivity contribution in [3.8, 4) is 5.75 Å². The first kappa shape index (κ1) is 13.3. The fraction of sp³-hybridized carbons (Fsp3) is 0.417. The summed E-state index contributed by atoms with van der Waals surface area (Å²) < 4.78 is 10.4. The molecule has 0 unspecified atom stereocenters. The molecule has 0 atom stereocenters. The third-order valence-electron chi connectivity index (χ3n) is 2.27. The van der Waals surface area contributed by atoms with Gasteiger partial charge in [0, 0.05) is 25.5 Å². The fourth-order valence-corrected chi connectivity index (χ4v) is 1.39. The van der Waals surface area contributed by atoms with Crippen molar-refractivity contribution in [2.75, 3.05) is 26.1 Å². The molecule has 5 nitrogen and oxygen atoms in total. The van der Waals surface area contributed by atoms with Gasteiger partial charge < -0.3 is 20.9 Å². The molecule has 0 saturated carbocycles. The Morgan fingerprint density at radius 3 is 2.65 bits per heavy atom. The number of rotatable bonds is 7. The average molecular weight is 238 g/mol. The van der Waals surface area contributed by atoms with Gasteiger partial charge in [-0.25, -0.2) is 0 Å². The number of unbranched alkanes of at least 4 members (excludes halogenated alkanes) is 1. The minimum absolute atomic E-state index is 0.353. The van der Waals surface area contributed by atoms with Gasteiger partial charge in [0.1, 0.15) is 5.75 Å². The highest BCUT2D eigenvalue weighted by Crippen LogP contribution is 2.21. The van der Waals surface area contributed by atoms with Crippen molar-refractivity contribution in [3.63, 3.8) is 0 Å². The molecule has 1 aromatic rings. The van der Waals surface area contributed by atoms with Gasteiger partial charge in [0.25, 0.3) is 5.91 Å². The molecule has 0 fully saturated rings. The Kier molecular flexibility index (Phi) is 5.29. The van der Waals surface area contributed by atoms with Crippen LogP contribution in [0.3, 0.4) is 0 Å². The van der Waals surface area contributed by atoms with Crippen molar-refractivity contribution in [1.29, 1.82) is 0 Å². The first-order chi connectivity index (χ1) is 8.15. The lowest BCUT2D eigenvalue weighted by Crippen LogP contribution is -2.13.